The molecule has 0 atom stereocenters. The van der Waals surface area contributed by atoms with Crippen LogP contribution < -0.4 is 10.6 Å². The topological polar surface area (TPSA) is 89.2 Å². The molecule has 0 spiro atoms. The lowest BCUT2D eigenvalue weighted by molar-refractivity contribution is -0.120. The van der Waals surface area contributed by atoms with E-state index in [1.807, 2.05) is 38.1 Å². The lowest BCUT2D eigenvalue weighted by Gasteiger charge is -2.09. The number of aryl methyl sites for hydroxylation is 1. The quantitative estimate of drug-likeness (QED) is 0.672. The summed E-state index contributed by atoms with van der Waals surface area (Å²) >= 11 is 0. The normalized spacial score (nSPS) is 10.6. The number of benzene rings is 1. The molecule has 0 saturated carbocycles. The minimum atomic E-state index is -0.321. The van der Waals surface area contributed by atoms with E-state index >= 15 is 0 Å². The Hall–Kier alpha value is -3.35. The average Bonchev–Trinajstić information content (AvgIpc) is 3.34. The Bertz CT molecular complexity index is 911. The first-order chi connectivity index (χ1) is 13.1. The van der Waals surface area contributed by atoms with Gasteiger partial charge < -0.3 is 15.1 Å². The summed E-state index contributed by atoms with van der Waals surface area (Å²) in [5.41, 5.74) is 3.32. The third-order valence-corrected chi connectivity index (χ3v) is 4.18. The van der Waals surface area contributed by atoms with Gasteiger partial charge in [0.1, 0.15) is 5.76 Å². The standard InChI is InChI=1S/C20H22N4O3/c1-3-18-17(12-23-24(18)15-8-6-14(2)7-9-15)20(26)22-13-19(25)21-11-16-5-4-10-27-16/h4-10,12H,3,11,13H2,1-2H3,(H,21,25)(H,22,26). The molecule has 3 aromatic rings. The van der Waals surface area contributed by atoms with Gasteiger partial charge in [0.05, 0.1) is 42.5 Å². The van der Waals surface area contributed by atoms with Crippen LogP contribution in [0.1, 0.15) is 34.3 Å². The van der Waals surface area contributed by atoms with Gasteiger partial charge in [-0.05, 0) is 37.6 Å². The first kappa shape index (κ1) is 18.4. The van der Waals surface area contributed by atoms with Gasteiger partial charge in [0, 0.05) is 0 Å². The molecule has 27 heavy (non-hydrogen) atoms. The molecule has 3 rings (SSSR count). The molecule has 0 aliphatic carbocycles. The van der Waals surface area contributed by atoms with Crippen LogP contribution >= 0.6 is 0 Å². The molecule has 2 N–H and O–H groups in total. The van der Waals surface area contributed by atoms with E-state index in [0.717, 1.165) is 16.9 Å². The SMILES string of the molecule is CCc1c(C(=O)NCC(=O)NCc2ccco2)cnn1-c1ccc(C)cc1. The molecule has 2 heterocycles. The summed E-state index contributed by atoms with van der Waals surface area (Å²) in [6, 6.07) is 11.4. The molecule has 2 amide bonds. The van der Waals surface area contributed by atoms with Crippen LogP contribution in [0.25, 0.3) is 5.69 Å². The van der Waals surface area contributed by atoms with E-state index in [1.54, 1.807) is 23.1 Å². The highest BCUT2D eigenvalue weighted by Crippen LogP contribution is 2.16. The smallest absolute Gasteiger partial charge is 0.255 e. The molecular weight excluding hydrogens is 344 g/mol. The van der Waals surface area contributed by atoms with Crippen molar-refractivity contribution >= 4 is 11.8 Å². The number of nitrogens with zero attached hydrogens (tertiary/aromatic N) is 2. The number of nitrogens with one attached hydrogen (secondary N) is 2. The fourth-order valence-electron chi connectivity index (χ4n) is 2.73. The van der Waals surface area contributed by atoms with Gasteiger partial charge in [0.15, 0.2) is 0 Å². The van der Waals surface area contributed by atoms with Crippen molar-refractivity contribution in [3.63, 3.8) is 0 Å². The van der Waals surface area contributed by atoms with Crippen molar-refractivity contribution < 1.29 is 14.0 Å². The second-order valence-corrected chi connectivity index (χ2v) is 6.14. The molecule has 0 saturated heterocycles. The van der Waals surface area contributed by atoms with Crippen molar-refractivity contribution in [1.82, 2.24) is 20.4 Å². The Morgan fingerprint density at radius 2 is 1.93 bits per heavy atom. The number of furan rings is 1. The van der Waals surface area contributed by atoms with E-state index in [2.05, 4.69) is 15.7 Å². The molecule has 140 valence electrons. The minimum absolute atomic E-state index is 0.113. The van der Waals surface area contributed by atoms with Crippen LogP contribution in [0, 0.1) is 6.92 Å². The fraction of sp³-hybridized carbons (Fsp3) is 0.250. The zero-order valence-corrected chi connectivity index (χ0v) is 15.4. The zero-order chi connectivity index (χ0) is 19.2. The van der Waals surface area contributed by atoms with Crippen molar-refractivity contribution in [3.8, 4) is 5.69 Å². The molecule has 0 unspecified atom stereocenters. The van der Waals surface area contributed by atoms with Gasteiger partial charge in [0.25, 0.3) is 5.91 Å². The van der Waals surface area contributed by atoms with Crippen molar-refractivity contribution in [3.05, 3.63) is 71.4 Å². The largest absolute Gasteiger partial charge is 0.467 e. The molecule has 7 nitrogen and oxygen atoms in total. The monoisotopic (exact) mass is 366 g/mol. The van der Waals surface area contributed by atoms with Gasteiger partial charge in [-0.3, -0.25) is 9.59 Å². The van der Waals surface area contributed by atoms with Gasteiger partial charge in [-0.1, -0.05) is 24.6 Å². The summed E-state index contributed by atoms with van der Waals surface area (Å²) in [6.07, 6.45) is 3.72. The Labute approximate surface area is 157 Å². The molecule has 7 heteroatoms. The number of rotatable bonds is 7. The second-order valence-electron chi connectivity index (χ2n) is 6.14. The van der Waals surface area contributed by atoms with Crippen LogP contribution in [0.4, 0.5) is 0 Å². The summed E-state index contributed by atoms with van der Waals surface area (Å²) < 4.78 is 6.90. The molecule has 0 aliphatic rings. The summed E-state index contributed by atoms with van der Waals surface area (Å²) in [7, 11) is 0. The number of aromatic nitrogens is 2. The van der Waals surface area contributed by atoms with Crippen molar-refractivity contribution in [2.75, 3.05) is 6.54 Å². The molecular formula is C20H22N4O3. The Kier molecular flexibility index (Phi) is 5.71. The Morgan fingerprint density at radius 1 is 1.15 bits per heavy atom. The van der Waals surface area contributed by atoms with Crippen LogP contribution in [0.15, 0.2) is 53.3 Å². The maximum absolute atomic E-state index is 12.5. The maximum atomic E-state index is 12.5. The van der Waals surface area contributed by atoms with E-state index in [4.69, 9.17) is 4.42 Å². The van der Waals surface area contributed by atoms with E-state index in [1.165, 1.54) is 6.20 Å². The lowest BCUT2D eigenvalue weighted by atomic mass is 10.1. The summed E-state index contributed by atoms with van der Waals surface area (Å²) in [4.78, 5) is 24.4. The third-order valence-electron chi connectivity index (χ3n) is 4.18. The van der Waals surface area contributed by atoms with Gasteiger partial charge in [-0.2, -0.15) is 5.10 Å². The number of hydrogen-bond donors (Lipinski definition) is 2. The molecule has 0 fully saturated rings. The minimum Gasteiger partial charge on any atom is -0.467 e. The van der Waals surface area contributed by atoms with Crippen LogP contribution in [0.2, 0.25) is 0 Å². The number of carbonyl (C=O) groups excluding carboxylic acids is 2. The lowest BCUT2D eigenvalue weighted by Crippen LogP contribution is -2.36. The summed E-state index contributed by atoms with van der Waals surface area (Å²) in [5, 5.41) is 9.68. The van der Waals surface area contributed by atoms with Crippen molar-refractivity contribution in [1.29, 1.82) is 0 Å². The first-order valence-electron chi connectivity index (χ1n) is 8.79. The third kappa shape index (κ3) is 4.44. The molecule has 1 aromatic carbocycles. The van der Waals surface area contributed by atoms with E-state index in [-0.39, 0.29) is 24.9 Å². The molecule has 0 bridgehead atoms. The zero-order valence-electron chi connectivity index (χ0n) is 15.4. The summed E-state index contributed by atoms with van der Waals surface area (Å²) in [5.74, 6) is 0.0457. The highest BCUT2D eigenvalue weighted by Gasteiger charge is 2.17. The second kappa shape index (κ2) is 8.35. The van der Waals surface area contributed by atoms with E-state index in [9.17, 15) is 9.59 Å². The number of amides is 2. The molecule has 0 radical (unpaired) electrons. The highest BCUT2D eigenvalue weighted by molar-refractivity contribution is 5.97. The van der Waals surface area contributed by atoms with Crippen molar-refractivity contribution in [2.24, 2.45) is 0 Å². The molecule has 2 aromatic heterocycles. The van der Waals surface area contributed by atoms with Crippen LogP contribution in [-0.2, 0) is 17.8 Å². The van der Waals surface area contributed by atoms with E-state index in [0.29, 0.717) is 17.7 Å². The van der Waals surface area contributed by atoms with Crippen LogP contribution in [0.5, 0.6) is 0 Å². The van der Waals surface area contributed by atoms with Gasteiger partial charge in [-0.15, -0.1) is 0 Å². The maximum Gasteiger partial charge on any atom is 0.255 e. The predicted molar refractivity (Wildman–Crippen MR) is 101 cm³/mol. The highest BCUT2D eigenvalue weighted by atomic mass is 16.3. The Balaban J connectivity index is 1.62. The van der Waals surface area contributed by atoms with Crippen LogP contribution in [-0.4, -0.2) is 28.1 Å². The Morgan fingerprint density at radius 3 is 2.59 bits per heavy atom. The number of hydrogen-bond acceptors (Lipinski definition) is 4. The predicted octanol–water partition coefficient (Wildman–Crippen LogP) is 2.38. The first-order valence-corrected chi connectivity index (χ1v) is 8.79. The van der Waals surface area contributed by atoms with Gasteiger partial charge in [-0.25, -0.2) is 4.68 Å². The van der Waals surface area contributed by atoms with Gasteiger partial charge >= 0.3 is 0 Å². The van der Waals surface area contributed by atoms with Crippen molar-refractivity contribution in [2.45, 2.75) is 26.8 Å². The van der Waals surface area contributed by atoms with Gasteiger partial charge in [0.2, 0.25) is 5.91 Å². The van der Waals surface area contributed by atoms with E-state index < -0.39 is 0 Å². The molecule has 0 aliphatic heterocycles. The fourth-order valence-corrected chi connectivity index (χ4v) is 2.73. The number of carbonyl (C=O) groups is 2. The average molecular weight is 366 g/mol. The van der Waals surface area contributed by atoms with Crippen LogP contribution in [0.3, 0.4) is 0 Å². The summed E-state index contributed by atoms with van der Waals surface area (Å²) in [6.45, 7) is 4.16.